The predicted octanol–water partition coefficient (Wildman–Crippen LogP) is 1.06. The van der Waals surface area contributed by atoms with Gasteiger partial charge >= 0.3 is 0 Å². The van der Waals surface area contributed by atoms with Crippen molar-refractivity contribution in [2.75, 3.05) is 20.2 Å². The number of nitrogens with one attached hydrogen (secondary N) is 2. The summed E-state index contributed by atoms with van der Waals surface area (Å²) in [5, 5.41) is 6.00. The quantitative estimate of drug-likeness (QED) is 0.714. The molecule has 0 radical (unpaired) electrons. The first kappa shape index (κ1) is 13.5. The number of amides is 1. The summed E-state index contributed by atoms with van der Waals surface area (Å²) in [6.45, 7) is 3.61. The molecule has 2 atom stereocenters. The highest BCUT2D eigenvalue weighted by molar-refractivity contribution is 5.75. The van der Waals surface area contributed by atoms with E-state index in [0.717, 1.165) is 19.4 Å². The van der Waals surface area contributed by atoms with Crippen LogP contribution in [0.2, 0.25) is 0 Å². The van der Waals surface area contributed by atoms with E-state index < -0.39 is 0 Å². The zero-order chi connectivity index (χ0) is 11.8. The normalized spacial score (nSPS) is 22.8. The number of hydrogen-bond donors (Lipinski definition) is 2. The Morgan fingerprint density at radius 1 is 1.50 bits per heavy atom. The van der Waals surface area contributed by atoms with Gasteiger partial charge in [-0.1, -0.05) is 0 Å². The molecule has 0 saturated carbocycles. The molecule has 1 heterocycles. The van der Waals surface area contributed by atoms with E-state index in [4.69, 9.17) is 4.74 Å². The van der Waals surface area contributed by atoms with Crippen molar-refractivity contribution in [1.82, 2.24) is 10.6 Å². The van der Waals surface area contributed by atoms with Crippen molar-refractivity contribution in [3.8, 4) is 0 Å². The first-order chi connectivity index (χ1) is 7.72. The van der Waals surface area contributed by atoms with Crippen LogP contribution in [0.25, 0.3) is 0 Å². The minimum Gasteiger partial charge on any atom is -0.378 e. The summed E-state index contributed by atoms with van der Waals surface area (Å²) in [5.74, 6) is 0.135. The smallest absolute Gasteiger partial charge is 0.220 e. The SMILES string of the molecule is CNC(C)CNC(=O)CCC1CCCCO1. The van der Waals surface area contributed by atoms with Gasteiger partial charge in [-0.05, 0) is 39.7 Å². The average molecular weight is 228 g/mol. The monoisotopic (exact) mass is 228 g/mol. The Balaban J connectivity index is 2.05. The van der Waals surface area contributed by atoms with Crippen LogP contribution in [0.4, 0.5) is 0 Å². The number of carbonyl (C=O) groups is 1. The molecule has 0 aromatic carbocycles. The maximum absolute atomic E-state index is 11.5. The molecule has 0 spiro atoms. The van der Waals surface area contributed by atoms with Gasteiger partial charge in [0.05, 0.1) is 6.10 Å². The lowest BCUT2D eigenvalue weighted by Gasteiger charge is -2.22. The average Bonchev–Trinajstić information content (AvgIpc) is 2.34. The second-order valence-corrected chi connectivity index (χ2v) is 4.52. The summed E-state index contributed by atoms with van der Waals surface area (Å²) >= 11 is 0. The lowest BCUT2D eigenvalue weighted by molar-refractivity contribution is -0.122. The Morgan fingerprint density at radius 2 is 2.31 bits per heavy atom. The number of likely N-dealkylation sites (N-methyl/N-ethyl adjacent to an activating group) is 1. The van der Waals surface area contributed by atoms with Crippen molar-refractivity contribution < 1.29 is 9.53 Å². The van der Waals surface area contributed by atoms with Crippen LogP contribution in [-0.4, -0.2) is 38.3 Å². The van der Waals surface area contributed by atoms with Gasteiger partial charge in [-0.15, -0.1) is 0 Å². The molecule has 1 aliphatic heterocycles. The Kier molecular flexibility index (Phi) is 6.42. The third-order valence-corrected chi connectivity index (χ3v) is 3.07. The third kappa shape index (κ3) is 5.47. The number of hydrogen-bond acceptors (Lipinski definition) is 3. The largest absolute Gasteiger partial charge is 0.378 e. The van der Waals surface area contributed by atoms with Crippen molar-refractivity contribution in [3.63, 3.8) is 0 Å². The molecule has 94 valence electrons. The fraction of sp³-hybridized carbons (Fsp3) is 0.917. The van der Waals surface area contributed by atoms with Gasteiger partial charge in [0, 0.05) is 25.6 Å². The molecular formula is C12H24N2O2. The van der Waals surface area contributed by atoms with E-state index in [2.05, 4.69) is 10.6 Å². The molecule has 0 bridgehead atoms. The first-order valence-corrected chi connectivity index (χ1v) is 6.28. The van der Waals surface area contributed by atoms with Gasteiger partial charge in [-0.2, -0.15) is 0 Å². The molecule has 2 N–H and O–H groups in total. The lowest BCUT2D eigenvalue weighted by Crippen LogP contribution is -2.37. The summed E-state index contributed by atoms with van der Waals surface area (Å²) < 4.78 is 5.58. The van der Waals surface area contributed by atoms with Crippen LogP contribution in [0.5, 0.6) is 0 Å². The minimum absolute atomic E-state index is 0.135. The number of ether oxygens (including phenoxy) is 1. The van der Waals surface area contributed by atoms with E-state index in [1.54, 1.807) is 0 Å². The Labute approximate surface area is 98.1 Å². The van der Waals surface area contributed by atoms with Crippen molar-refractivity contribution in [3.05, 3.63) is 0 Å². The standard InChI is InChI=1S/C12H24N2O2/c1-10(13-2)9-14-12(15)7-6-11-5-3-4-8-16-11/h10-11,13H,3-9H2,1-2H3,(H,14,15). The zero-order valence-electron chi connectivity index (χ0n) is 10.4. The van der Waals surface area contributed by atoms with Crippen molar-refractivity contribution >= 4 is 5.91 Å². The van der Waals surface area contributed by atoms with Gasteiger partial charge in [0.25, 0.3) is 0 Å². The molecule has 1 amide bonds. The number of carbonyl (C=O) groups excluding carboxylic acids is 1. The topological polar surface area (TPSA) is 50.4 Å². The van der Waals surface area contributed by atoms with Gasteiger partial charge in [0.1, 0.15) is 0 Å². The highest BCUT2D eigenvalue weighted by atomic mass is 16.5. The van der Waals surface area contributed by atoms with Crippen molar-refractivity contribution in [2.24, 2.45) is 0 Å². The van der Waals surface area contributed by atoms with Crippen LogP contribution in [0.1, 0.15) is 39.0 Å². The molecule has 2 unspecified atom stereocenters. The summed E-state index contributed by atoms with van der Waals surface area (Å²) in [6.07, 6.45) is 5.27. The summed E-state index contributed by atoms with van der Waals surface area (Å²) in [4.78, 5) is 11.5. The van der Waals surface area contributed by atoms with E-state index in [9.17, 15) is 4.79 Å². The molecular weight excluding hydrogens is 204 g/mol. The fourth-order valence-electron chi connectivity index (χ4n) is 1.78. The fourth-order valence-corrected chi connectivity index (χ4v) is 1.78. The molecule has 0 aliphatic carbocycles. The lowest BCUT2D eigenvalue weighted by atomic mass is 10.0. The Morgan fingerprint density at radius 3 is 2.94 bits per heavy atom. The molecule has 1 aliphatic rings. The van der Waals surface area contributed by atoms with Crippen LogP contribution in [0, 0.1) is 0 Å². The Bertz CT molecular complexity index is 203. The second kappa shape index (κ2) is 7.63. The molecule has 1 rings (SSSR count). The zero-order valence-corrected chi connectivity index (χ0v) is 10.4. The molecule has 4 heteroatoms. The molecule has 16 heavy (non-hydrogen) atoms. The molecule has 4 nitrogen and oxygen atoms in total. The van der Waals surface area contributed by atoms with Gasteiger partial charge in [-0.25, -0.2) is 0 Å². The third-order valence-electron chi connectivity index (χ3n) is 3.07. The summed E-state index contributed by atoms with van der Waals surface area (Å²) in [7, 11) is 1.90. The number of rotatable bonds is 6. The molecule has 1 fully saturated rings. The second-order valence-electron chi connectivity index (χ2n) is 4.52. The van der Waals surface area contributed by atoms with Crippen molar-refractivity contribution in [2.45, 2.75) is 51.2 Å². The molecule has 0 aromatic heterocycles. The van der Waals surface area contributed by atoms with Gasteiger partial charge in [0.2, 0.25) is 5.91 Å². The van der Waals surface area contributed by atoms with Crippen LogP contribution >= 0.6 is 0 Å². The minimum atomic E-state index is 0.135. The van der Waals surface area contributed by atoms with Crippen LogP contribution in [0.3, 0.4) is 0 Å². The van der Waals surface area contributed by atoms with E-state index in [1.807, 2.05) is 14.0 Å². The van der Waals surface area contributed by atoms with Gasteiger partial charge in [-0.3, -0.25) is 4.79 Å². The molecule has 1 saturated heterocycles. The Hall–Kier alpha value is -0.610. The van der Waals surface area contributed by atoms with Crippen LogP contribution in [0.15, 0.2) is 0 Å². The van der Waals surface area contributed by atoms with E-state index >= 15 is 0 Å². The van der Waals surface area contributed by atoms with E-state index in [-0.39, 0.29) is 5.91 Å². The summed E-state index contributed by atoms with van der Waals surface area (Å²) in [6, 6.07) is 0.329. The maximum atomic E-state index is 11.5. The summed E-state index contributed by atoms with van der Waals surface area (Å²) in [5.41, 5.74) is 0. The van der Waals surface area contributed by atoms with Gasteiger partial charge < -0.3 is 15.4 Å². The first-order valence-electron chi connectivity index (χ1n) is 6.28. The maximum Gasteiger partial charge on any atom is 0.220 e. The van der Waals surface area contributed by atoms with Crippen molar-refractivity contribution in [1.29, 1.82) is 0 Å². The highest BCUT2D eigenvalue weighted by Gasteiger charge is 2.15. The predicted molar refractivity (Wildman–Crippen MR) is 64.4 cm³/mol. The molecule has 0 aromatic rings. The van der Waals surface area contributed by atoms with Crippen LogP contribution in [-0.2, 0) is 9.53 Å². The highest BCUT2D eigenvalue weighted by Crippen LogP contribution is 2.16. The van der Waals surface area contributed by atoms with E-state index in [0.29, 0.717) is 25.1 Å². The van der Waals surface area contributed by atoms with E-state index in [1.165, 1.54) is 12.8 Å². The van der Waals surface area contributed by atoms with Gasteiger partial charge in [0.15, 0.2) is 0 Å². The van der Waals surface area contributed by atoms with Crippen LogP contribution < -0.4 is 10.6 Å².